The second-order valence-corrected chi connectivity index (χ2v) is 6.39. The molecular formula is C18H16BrFN4O. The predicted molar refractivity (Wildman–Crippen MR) is 99.5 cm³/mol. The van der Waals surface area contributed by atoms with E-state index in [2.05, 4.69) is 31.7 Å². The fourth-order valence-electron chi connectivity index (χ4n) is 2.36. The molecule has 2 aromatic carbocycles. The summed E-state index contributed by atoms with van der Waals surface area (Å²) in [7, 11) is 0. The quantitative estimate of drug-likeness (QED) is 0.674. The van der Waals surface area contributed by atoms with Gasteiger partial charge in [-0.1, -0.05) is 15.9 Å². The Labute approximate surface area is 153 Å². The smallest absolute Gasteiger partial charge is 0.243 e. The summed E-state index contributed by atoms with van der Waals surface area (Å²) in [5, 5.41) is 9.75. The summed E-state index contributed by atoms with van der Waals surface area (Å²) in [6, 6.07) is 12.0. The van der Waals surface area contributed by atoms with Gasteiger partial charge in [-0.05, 0) is 55.0 Å². The number of nitrogens with zero attached hydrogens (tertiary/aromatic N) is 2. The molecule has 25 heavy (non-hydrogen) atoms. The molecule has 0 saturated carbocycles. The maximum atomic E-state index is 14.2. The van der Waals surface area contributed by atoms with Crippen molar-refractivity contribution in [1.29, 1.82) is 0 Å². The van der Waals surface area contributed by atoms with E-state index in [1.807, 2.05) is 25.1 Å². The van der Waals surface area contributed by atoms with Crippen LogP contribution in [0.1, 0.15) is 5.56 Å². The lowest BCUT2D eigenvalue weighted by Crippen LogP contribution is -2.22. The average molecular weight is 403 g/mol. The second kappa shape index (κ2) is 7.48. The topological polar surface area (TPSA) is 59.0 Å². The van der Waals surface area contributed by atoms with Gasteiger partial charge in [-0.25, -0.2) is 9.07 Å². The summed E-state index contributed by atoms with van der Waals surface area (Å²) < 4.78 is 16.6. The Kier molecular flexibility index (Phi) is 5.14. The van der Waals surface area contributed by atoms with E-state index in [1.54, 1.807) is 30.6 Å². The molecule has 5 nitrogen and oxygen atoms in total. The molecule has 0 fully saturated rings. The fourth-order valence-corrected chi connectivity index (χ4v) is 2.83. The summed E-state index contributed by atoms with van der Waals surface area (Å²) in [6.07, 6.45) is 3.25. The van der Waals surface area contributed by atoms with Crippen LogP contribution in [0.3, 0.4) is 0 Å². The zero-order valence-electron chi connectivity index (χ0n) is 13.5. The number of hydrogen-bond acceptors (Lipinski definition) is 3. The van der Waals surface area contributed by atoms with Gasteiger partial charge < -0.3 is 10.6 Å². The van der Waals surface area contributed by atoms with E-state index in [0.717, 1.165) is 15.7 Å². The van der Waals surface area contributed by atoms with Crippen molar-refractivity contribution in [3.8, 4) is 5.69 Å². The molecule has 3 aromatic rings. The third kappa shape index (κ3) is 4.24. The predicted octanol–water partition coefficient (Wildman–Crippen LogP) is 4.13. The van der Waals surface area contributed by atoms with Gasteiger partial charge in [0.25, 0.3) is 0 Å². The van der Waals surface area contributed by atoms with Crippen molar-refractivity contribution in [2.75, 3.05) is 17.2 Å². The molecule has 2 N–H and O–H groups in total. The lowest BCUT2D eigenvalue weighted by atomic mass is 10.2. The molecule has 0 aliphatic heterocycles. The summed E-state index contributed by atoms with van der Waals surface area (Å²) in [4.78, 5) is 12.1. The van der Waals surface area contributed by atoms with Crippen molar-refractivity contribution >= 4 is 33.2 Å². The maximum absolute atomic E-state index is 14.2. The first-order chi connectivity index (χ1) is 12.0. The Morgan fingerprint density at radius 1 is 1.28 bits per heavy atom. The molecule has 3 rings (SSSR count). The van der Waals surface area contributed by atoms with Gasteiger partial charge in [-0.3, -0.25) is 4.79 Å². The van der Waals surface area contributed by atoms with Crippen molar-refractivity contribution in [3.63, 3.8) is 0 Å². The minimum Gasteiger partial charge on any atom is -0.376 e. The normalized spacial score (nSPS) is 10.5. The van der Waals surface area contributed by atoms with Gasteiger partial charge in [0, 0.05) is 28.2 Å². The van der Waals surface area contributed by atoms with Gasteiger partial charge in [-0.15, -0.1) is 0 Å². The molecular weight excluding hydrogens is 387 g/mol. The van der Waals surface area contributed by atoms with Gasteiger partial charge in [0.15, 0.2) is 5.82 Å². The highest BCUT2D eigenvalue weighted by Gasteiger charge is 2.08. The number of rotatable bonds is 5. The summed E-state index contributed by atoms with van der Waals surface area (Å²) >= 11 is 3.38. The van der Waals surface area contributed by atoms with Crippen LogP contribution in [0, 0.1) is 12.7 Å². The number of amides is 1. The fraction of sp³-hybridized carbons (Fsp3) is 0.111. The third-order valence-electron chi connectivity index (χ3n) is 3.61. The van der Waals surface area contributed by atoms with Crippen LogP contribution in [0.15, 0.2) is 59.3 Å². The molecule has 0 radical (unpaired) electrons. The highest BCUT2D eigenvalue weighted by atomic mass is 79.9. The minimum absolute atomic E-state index is 0.0378. The van der Waals surface area contributed by atoms with Gasteiger partial charge in [0.1, 0.15) is 5.69 Å². The largest absolute Gasteiger partial charge is 0.376 e. The molecule has 0 saturated heterocycles. The molecule has 0 bridgehead atoms. The van der Waals surface area contributed by atoms with Crippen LogP contribution in [0.4, 0.5) is 15.8 Å². The maximum Gasteiger partial charge on any atom is 0.243 e. The van der Waals surface area contributed by atoms with Crippen molar-refractivity contribution < 1.29 is 9.18 Å². The lowest BCUT2D eigenvalue weighted by Gasteiger charge is -2.11. The number of benzene rings is 2. The molecule has 1 heterocycles. The molecule has 1 aromatic heterocycles. The van der Waals surface area contributed by atoms with Crippen LogP contribution < -0.4 is 10.6 Å². The van der Waals surface area contributed by atoms with E-state index in [0.29, 0.717) is 11.4 Å². The summed E-state index contributed by atoms with van der Waals surface area (Å²) in [6.45, 7) is 1.95. The van der Waals surface area contributed by atoms with Crippen molar-refractivity contribution in [2.24, 2.45) is 0 Å². The lowest BCUT2D eigenvalue weighted by molar-refractivity contribution is -0.114. The monoisotopic (exact) mass is 402 g/mol. The zero-order valence-corrected chi connectivity index (χ0v) is 15.0. The van der Waals surface area contributed by atoms with Gasteiger partial charge >= 0.3 is 0 Å². The van der Waals surface area contributed by atoms with Crippen molar-refractivity contribution in [2.45, 2.75) is 6.92 Å². The second-order valence-electron chi connectivity index (χ2n) is 5.48. The Bertz CT molecular complexity index is 896. The van der Waals surface area contributed by atoms with Gasteiger partial charge in [0.2, 0.25) is 5.91 Å². The average Bonchev–Trinajstić information content (AvgIpc) is 3.10. The standard InChI is InChI=1S/C18H16BrFN4O/c1-12-9-13(19)3-5-16(12)23-18(25)11-21-14-4-6-17(15(20)10-14)24-8-2-7-22-24/h2-10,21H,11H2,1H3,(H,23,25). The highest BCUT2D eigenvalue weighted by Crippen LogP contribution is 2.20. The van der Waals surface area contributed by atoms with E-state index in [1.165, 1.54) is 10.7 Å². The number of carbonyl (C=O) groups is 1. The highest BCUT2D eigenvalue weighted by molar-refractivity contribution is 9.10. The first kappa shape index (κ1) is 17.2. The Morgan fingerprint density at radius 3 is 2.80 bits per heavy atom. The number of nitrogens with one attached hydrogen (secondary N) is 2. The van der Waals surface area contributed by atoms with Crippen molar-refractivity contribution in [1.82, 2.24) is 9.78 Å². The SMILES string of the molecule is Cc1cc(Br)ccc1NC(=O)CNc1ccc(-n2cccn2)c(F)c1. The molecule has 0 atom stereocenters. The molecule has 0 aliphatic carbocycles. The Balaban J connectivity index is 1.61. The molecule has 128 valence electrons. The van der Waals surface area contributed by atoms with Crippen LogP contribution >= 0.6 is 15.9 Å². The molecule has 7 heteroatoms. The molecule has 1 amide bonds. The molecule has 0 aliphatic rings. The van der Waals surface area contributed by atoms with Crippen LogP contribution in [-0.4, -0.2) is 22.2 Å². The van der Waals surface area contributed by atoms with Crippen LogP contribution in [0.5, 0.6) is 0 Å². The van der Waals surface area contributed by atoms with Crippen LogP contribution in [0.2, 0.25) is 0 Å². The first-order valence-electron chi connectivity index (χ1n) is 7.62. The van der Waals surface area contributed by atoms with E-state index in [9.17, 15) is 9.18 Å². The number of hydrogen-bond donors (Lipinski definition) is 2. The number of aromatic nitrogens is 2. The van der Waals surface area contributed by atoms with Crippen molar-refractivity contribution in [3.05, 3.63) is 70.7 Å². The van der Waals surface area contributed by atoms with Gasteiger partial charge in [0.05, 0.1) is 6.54 Å². The first-order valence-corrected chi connectivity index (χ1v) is 8.41. The number of carbonyl (C=O) groups excluding carboxylic acids is 1. The molecule has 0 unspecified atom stereocenters. The Hall–Kier alpha value is -2.67. The molecule has 0 spiro atoms. The van der Waals surface area contributed by atoms with E-state index in [4.69, 9.17) is 0 Å². The summed E-state index contributed by atoms with van der Waals surface area (Å²) in [5.74, 6) is -0.625. The van der Waals surface area contributed by atoms with Crippen LogP contribution in [0.25, 0.3) is 5.69 Å². The minimum atomic E-state index is -0.419. The number of anilines is 2. The van der Waals surface area contributed by atoms with E-state index in [-0.39, 0.29) is 12.5 Å². The van der Waals surface area contributed by atoms with E-state index < -0.39 is 5.82 Å². The third-order valence-corrected chi connectivity index (χ3v) is 4.11. The number of halogens is 2. The zero-order chi connectivity index (χ0) is 17.8. The summed E-state index contributed by atoms with van der Waals surface area (Å²) in [5.41, 5.74) is 2.58. The van der Waals surface area contributed by atoms with Crippen LogP contribution in [-0.2, 0) is 4.79 Å². The Morgan fingerprint density at radius 2 is 2.12 bits per heavy atom. The van der Waals surface area contributed by atoms with Gasteiger partial charge in [-0.2, -0.15) is 5.10 Å². The van der Waals surface area contributed by atoms with E-state index >= 15 is 0 Å². The number of aryl methyl sites for hydroxylation is 1.